The highest BCUT2D eigenvalue weighted by Crippen LogP contribution is 2.11. The van der Waals surface area contributed by atoms with Crippen molar-refractivity contribution in [3.05, 3.63) is 30.1 Å². The number of carbonyl (C=O) groups is 1. The number of carbonyl (C=O) groups excluding carboxylic acids is 1. The molecule has 1 rings (SSSR count). The van der Waals surface area contributed by atoms with Crippen LogP contribution in [0.2, 0.25) is 0 Å². The molecule has 1 aromatic carbocycles. The largest absolute Gasteiger partial charge is 0.322 e. The van der Waals surface area contributed by atoms with Gasteiger partial charge in [0.25, 0.3) is 0 Å². The van der Waals surface area contributed by atoms with Crippen molar-refractivity contribution in [3.63, 3.8) is 0 Å². The first-order valence-corrected chi connectivity index (χ1v) is 6.61. The number of anilines is 1. The Morgan fingerprint density at radius 2 is 2.00 bits per heavy atom. The fraction of sp³-hybridized carbons (Fsp3) is 0.300. The molecule has 2 N–H and O–H groups in total. The number of hydrogen-bond acceptors (Lipinski definition) is 3. The number of nitrogens with one attached hydrogen (secondary N) is 2. The molecule has 1 amide bonds. The summed E-state index contributed by atoms with van der Waals surface area (Å²) in [5.74, 6) is -1.30. The van der Waals surface area contributed by atoms with Gasteiger partial charge in [0, 0.05) is 0 Å². The van der Waals surface area contributed by atoms with Crippen molar-refractivity contribution in [1.29, 1.82) is 0 Å². The van der Waals surface area contributed by atoms with E-state index in [-0.39, 0.29) is 11.4 Å². The molecule has 0 fully saturated rings. The fourth-order valence-electron chi connectivity index (χ4n) is 1.03. The van der Waals surface area contributed by atoms with Gasteiger partial charge in [0.2, 0.25) is 15.9 Å². The van der Waals surface area contributed by atoms with Crippen LogP contribution in [0.25, 0.3) is 0 Å². The number of sulfonamides is 1. The molecule has 7 heteroatoms. The molecule has 0 aliphatic rings. The van der Waals surface area contributed by atoms with Crippen LogP contribution in [0.5, 0.6) is 0 Å². The summed E-state index contributed by atoms with van der Waals surface area (Å²) in [6, 6.07) is 5.65. The summed E-state index contributed by atoms with van der Waals surface area (Å²) in [4.78, 5) is 11.3. The summed E-state index contributed by atoms with van der Waals surface area (Å²) >= 11 is 0. The van der Waals surface area contributed by atoms with Crippen molar-refractivity contribution in [3.8, 4) is 0 Å². The summed E-state index contributed by atoms with van der Waals surface area (Å²) in [6.45, 7) is 1.04. The molecular weight excluding hydrogens is 247 g/mol. The van der Waals surface area contributed by atoms with Crippen molar-refractivity contribution in [2.75, 3.05) is 17.6 Å². The summed E-state index contributed by atoms with van der Waals surface area (Å²) < 4.78 is 37.3. The average molecular weight is 260 g/mol. The Balaban J connectivity index is 2.54. The minimum atomic E-state index is -3.42. The number of halogens is 1. The molecule has 94 valence electrons. The van der Waals surface area contributed by atoms with E-state index in [1.54, 1.807) is 6.07 Å². The van der Waals surface area contributed by atoms with Gasteiger partial charge in [0.05, 0.1) is 18.0 Å². The summed E-state index contributed by atoms with van der Waals surface area (Å²) in [7, 11) is -3.42. The lowest BCUT2D eigenvalue weighted by molar-refractivity contribution is -0.115. The average Bonchev–Trinajstić information content (AvgIpc) is 2.30. The van der Waals surface area contributed by atoms with E-state index < -0.39 is 28.3 Å². The van der Waals surface area contributed by atoms with Crippen LogP contribution in [0.15, 0.2) is 24.3 Å². The molecule has 17 heavy (non-hydrogen) atoms. The SMILES string of the molecule is CCS(=O)(=O)NCC(=O)Nc1ccccc1F. The Labute approximate surface area is 99.1 Å². The lowest BCUT2D eigenvalue weighted by Gasteiger charge is -2.07. The van der Waals surface area contributed by atoms with Crippen LogP contribution < -0.4 is 10.0 Å². The van der Waals surface area contributed by atoms with Crippen LogP contribution >= 0.6 is 0 Å². The monoisotopic (exact) mass is 260 g/mol. The zero-order valence-electron chi connectivity index (χ0n) is 9.23. The molecule has 0 aliphatic heterocycles. The first-order valence-electron chi connectivity index (χ1n) is 4.96. The van der Waals surface area contributed by atoms with Crippen LogP contribution in [0.3, 0.4) is 0 Å². The highest BCUT2D eigenvalue weighted by Gasteiger charge is 2.10. The number of hydrogen-bond donors (Lipinski definition) is 2. The van der Waals surface area contributed by atoms with Crippen LogP contribution in [-0.2, 0) is 14.8 Å². The third kappa shape index (κ3) is 4.49. The maximum absolute atomic E-state index is 13.1. The molecule has 0 atom stereocenters. The Morgan fingerprint density at radius 1 is 1.35 bits per heavy atom. The van der Waals surface area contributed by atoms with Gasteiger partial charge >= 0.3 is 0 Å². The third-order valence-electron chi connectivity index (χ3n) is 1.98. The first-order chi connectivity index (χ1) is 7.94. The van der Waals surface area contributed by atoms with E-state index in [4.69, 9.17) is 0 Å². The number of rotatable bonds is 5. The van der Waals surface area contributed by atoms with Gasteiger partial charge in [-0.05, 0) is 19.1 Å². The predicted octanol–water partition coefficient (Wildman–Crippen LogP) is 0.703. The molecule has 0 aliphatic carbocycles. The van der Waals surface area contributed by atoms with Gasteiger partial charge in [-0.15, -0.1) is 0 Å². The molecule has 1 aromatic rings. The van der Waals surface area contributed by atoms with Gasteiger partial charge in [0.1, 0.15) is 5.82 Å². The van der Waals surface area contributed by atoms with Gasteiger partial charge in [-0.3, -0.25) is 4.79 Å². The Bertz CT molecular complexity index is 502. The second-order valence-electron chi connectivity index (χ2n) is 3.25. The first kappa shape index (κ1) is 13.6. The van der Waals surface area contributed by atoms with Crippen molar-refractivity contribution in [1.82, 2.24) is 4.72 Å². The summed E-state index contributed by atoms with van der Waals surface area (Å²) in [6.07, 6.45) is 0. The van der Waals surface area contributed by atoms with Crippen LogP contribution in [0, 0.1) is 5.82 Å². The molecule has 0 unspecified atom stereocenters. The predicted molar refractivity (Wildman–Crippen MR) is 62.5 cm³/mol. The van der Waals surface area contributed by atoms with Crippen molar-refractivity contribution in [2.45, 2.75) is 6.92 Å². The van der Waals surface area contributed by atoms with E-state index in [1.165, 1.54) is 25.1 Å². The van der Waals surface area contributed by atoms with E-state index in [0.29, 0.717) is 0 Å². The van der Waals surface area contributed by atoms with Crippen LogP contribution in [0.1, 0.15) is 6.92 Å². The highest BCUT2D eigenvalue weighted by molar-refractivity contribution is 7.89. The molecule has 0 bridgehead atoms. The highest BCUT2D eigenvalue weighted by atomic mass is 32.2. The molecule has 0 radical (unpaired) electrons. The number of benzene rings is 1. The Kier molecular flexibility index (Phi) is 4.59. The Hall–Kier alpha value is -1.47. The lowest BCUT2D eigenvalue weighted by atomic mass is 10.3. The van der Waals surface area contributed by atoms with Gasteiger partial charge in [-0.2, -0.15) is 0 Å². The van der Waals surface area contributed by atoms with E-state index in [9.17, 15) is 17.6 Å². The molecule has 0 aromatic heterocycles. The number of amides is 1. The maximum atomic E-state index is 13.1. The zero-order chi connectivity index (χ0) is 12.9. The summed E-state index contributed by atoms with van der Waals surface area (Å²) in [5.41, 5.74) is 0.0215. The van der Waals surface area contributed by atoms with Gasteiger partial charge in [-0.1, -0.05) is 12.1 Å². The molecule has 0 heterocycles. The zero-order valence-corrected chi connectivity index (χ0v) is 10.1. The molecule has 0 saturated carbocycles. The smallest absolute Gasteiger partial charge is 0.239 e. The Morgan fingerprint density at radius 3 is 2.59 bits per heavy atom. The maximum Gasteiger partial charge on any atom is 0.239 e. The van der Waals surface area contributed by atoms with Crippen molar-refractivity contribution < 1.29 is 17.6 Å². The molecule has 5 nitrogen and oxygen atoms in total. The van der Waals surface area contributed by atoms with E-state index in [2.05, 4.69) is 10.0 Å². The minimum absolute atomic E-state index is 0.0215. The van der Waals surface area contributed by atoms with Crippen molar-refractivity contribution >= 4 is 21.6 Å². The molecule has 0 spiro atoms. The topological polar surface area (TPSA) is 75.3 Å². The molecular formula is C10H13FN2O3S. The third-order valence-corrected chi connectivity index (χ3v) is 3.32. The second-order valence-corrected chi connectivity index (χ2v) is 5.35. The van der Waals surface area contributed by atoms with E-state index in [0.717, 1.165) is 0 Å². The van der Waals surface area contributed by atoms with Crippen LogP contribution in [0.4, 0.5) is 10.1 Å². The van der Waals surface area contributed by atoms with Gasteiger partial charge in [0.15, 0.2) is 0 Å². The van der Waals surface area contributed by atoms with Crippen molar-refractivity contribution in [2.24, 2.45) is 0 Å². The number of para-hydroxylation sites is 1. The molecule has 0 saturated heterocycles. The van der Waals surface area contributed by atoms with Gasteiger partial charge < -0.3 is 5.32 Å². The summed E-state index contributed by atoms with van der Waals surface area (Å²) in [5, 5.41) is 2.27. The van der Waals surface area contributed by atoms with E-state index in [1.807, 2.05) is 0 Å². The minimum Gasteiger partial charge on any atom is -0.322 e. The fourth-order valence-corrected chi connectivity index (χ4v) is 1.59. The standard InChI is InChI=1S/C10H13FN2O3S/c1-2-17(15,16)12-7-10(14)13-9-6-4-3-5-8(9)11/h3-6,12H,2,7H2,1H3,(H,13,14). The van der Waals surface area contributed by atoms with Crippen LogP contribution in [-0.4, -0.2) is 26.6 Å². The second kappa shape index (κ2) is 5.74. The quantitative estimate of drug-likeness (QED) is 0.818. The normalized spacial score (nSPS) is 11.2. The van der Waals surface area contributed by atoms with E-state index >= 15 is 0 Å². The lowest BCUT2D eigenvalue weighted by Crippen LogP contribution is -2.33. The van der Waals surface area contributed by atoms with Gasteiger partial charge in [-0.25, -0.2) is 17.5 Å².